The second-order valence-corrected chi connectivity index (χ2v) is 10.8. The number of rotatable bonds is 8. The molecule has 1 fully saturated rings. The summed E-state index contributed by atoms with van der Waals surface area (Å²) in [5.41, 5.74) is 8.03. The highest BCUT2D eigenvalue weighted by Gasteiger charge is 2.38. The number of pyridine rings is 1. The largest absolute Gasteiger partial charge is 0.573 e. The second-order valence-electron chi connectivity index (χ2n) is 10.4. The Labute approximate surface area is 249 Å². The number of alkyl halides is 3. The van der Waals surface area contributed by atoms with Crippen molar-refractivity contribution in [3.8, 4) is 11.8 Å². The molecule has 8 nitrogen and oxygen atoms in total. The van der Waals surface area contributed by atoms with Gasteiger partial charge in [-0.1, -0.05) is 35.9 Å². The number of fused-ring (bicyclic) bond motifs is 1. The number of nitriles is 1. The maximum Gasteiger partial charge on any atom is 0.573 e. The molecule has 0 radical (unpaired) electrons. The van der Waals surface area contributed by atoms with Gasteiger partial charge in [0.2, 0.25) is 0 Å². The number of hydrogen-bond acceptors (Lipinski definition) is 8. The second kappa shape index (κ2) is 10.9. The van der Waals surface area contributed by atoms with Gasteiger partial charge in [0.1, 0.15) is 19.7 Å². The highest BCUT2D eigenvalue weighted by atomic mass is 35.5. The predicted octanol–water partition coefficient (Wildman–Crippen LogP) is 5.77. The molecule has 6 rings (SSSR count). The van der Waals surface area contributed by atoms with Gasteiger partial charge in [-0.25, -0.2) is 4.39 Å². The SMILES string of the molecule is BC(Nc1cc(Cl)c2ncc(C#N)c(Nc3ccccc3OC(F)(F)F)c2c1)(C1=CN(C2CC2)NN1)c1ccc(F)cc1. The van der Waals surface area contributed by atoms with Crippen LogP contribution < -0.4 is 26.3 Å². The lowest BCUT2D eigenvalue weighted by Gasteiger charge is -2.34. The first-order chi connectivity index (χ1) is 20.5. The van der Waals surface area contributed by atoms with Crippen molar-refractivity contribution in [2.75, 3.05) is 10.6 Å². The van der Waals surface area contributed by atoms with Crippen molar-refractivity contribution in [2.24, 2.45) is 0 Å². The van der Waals surface area contributed by atoms with E-state index in [4.69, 9.17) is 11.6 Å². The van der Waals surface area contributed by atoms with Crippen LogP contribution in [0.3, 0.4) is 0 Å². The van der Waals surface area contributed by atoms with Gasteiger partial charge in [-0.05, 0) is 54.8 Å². The van der Waals surface area contributed by atoms with Gasteiger partial charge in [0.25, 0.3) is 0 Å². The fourth-order valence-corrected chi connectivity index (χ4v) is 5.24. The Hall–Kier alpha value is -4.67. The smallest absolute Gasteiger partial charge is 0.404 e. The van der Waals surface area contributed by atoms with Crippen LogP contribution in [0.15, 0.2) is 78.8 Å². The first-order valence-corrected chi connectivity index (χ1v) is 13.6. The van der Waals surface area contributed by atoms with Crippen molar-refractivity contribution in [3.05, 3.63) is 101 Å². The summed E-state index contributed by atoms with van der Waals surface area (Å²) >= 11 is 6.69. The number of anilines is 3. The lowest BCUT2D eigenvalue weighted by molar-refractivity contribution is -0.274. The molecule has 2 heterocycles. The summed E-state index contributed by atoms with van der Waals surface area (Å²) in [5, 5.41) is 18.9. The molecule has 1 aromatic heterocycles. The third-order valence-corrected chi connectivity index (χ3v) is 7.59. The maximum atomic E-state index is 13.9. The number of benzene rings is 3. The number of nitrogens with one attached hydrogen (secondary N) is 4. The summed E-state index contributed by atoms with van der Waals surface area (Å²) in [6, 6.07) is 17.4. The van der Waals surface area contributed by atoms with Crippen molar-refractivity contribution < 1.29 is 22.3 Å². The van der Waals surface area contributed by atoms with Crippen LogP contribution in [-0.2, 0) is 5.44 Å². The average molecular weight is 608 g/mol. The number of hydrazine groups is 2. The molecule has 43 heavy (non-hydrogen) atoms. The molecule has 3 aromatic carbocycles. The van der Waals surface area contributed by atoms with Gasteiger partial charge in [-0.15, -0.1) is 18.7 Å². The maximum absolute atomic E-state index is 13.9. The molecule has 0 amide bonds. The predicted molar refractivity (Wildman–Crippen MR) is 157 cm³/mol. The zero-order valence-electron chi connectivity index (χ0n) is 22.6. The molecule has 1 atom stereocenters. The lowest BCUT2D eigenvalue weighted by atomic mass is 9.69. The van der Waals surface area contributed by atoms with Crippen LogP contribution in [0, 0.1) is 17.1 Å². The van der Waals surface area contributed by atoms with Crippen LogP contribution in [0.2, 0.25) is 5.02 Å². The Kier molecular flexibility index (Phi) is 7.19. The highest BCUT2D eigenvalue weighted by Crippen LogP contribution is 2.40. The van der Waals surface area contributed by atoms with E-state index in [0.29, 0.717) is 22.6 Å². The quantitative estimate of drug-likeness (QED) is 0.148. The average Bonchev–Trinajstić information content (AvgIpc) is 3.69. The molecule has 4 N–H and O–H groups in total. The zero-order valence-corrected chi connectivity index (χ0v) is 23.3. The Morgan fingerprint density at radius 1 is 1.12 bits per heavy atom. The fourth-order valence-electron chi connectivity index (χ4n) is 4.97. The van der Waals surface area contributed by atoms with Gasteiger partial charge in [-0.3, -0.25) is 9.99 Å². The van der Waals surface area contributed by atoms with E-state index in [-0.39, 0.29) is 27.8 Å². The van der Waals surface area contributed by atoms with E-state index in [1.807, 2.05) is 25.1 Å². The van der Waals surface area contributed by atoms with Crippen molar-refractivity contribution >= 4 is 47.4 Å². The van der Waals surface area contributed by atoms with Crippen LogP contribution in [0.25, 0.3) is 10.9 Å². The summed E-state index contributed by atoms with van der Waals surface area (Å²) in [7, 11) is 1.92. The van der Waals surface area contributed by atoms with E-state index in [2.05, 4.69) is 31.3 Å². The van der Waals surface area contributed by atoms with E-state index >= 15 is 0 Å². The summed E-state index contributed by atoms with van der Waals surface area (Å²) in [4.78, 5) is 4.34. The van der Waals surface area contributed by atoms with E-state index in [1.165, 1.54) is 42.6 Å². The number of aromatic nitrogens is 1. The molecule has 0 bridgehead atoms. The Balaban J connectivity index is 1.45. The number of nitrogens with zero attached hydrogens (tertiary/aromatic N) is 3. The number of hydrogen-bond donors (Lipinski definition) is 4. The van der Waals surface area contributed by atoms with Gasteiger partial charge in [-0.2, -0.15) is 5.26 Å². The molecule has 1 aliphatic heterocycles. The van der Waals surface area contributed by atoms with Gasteiger partial charge < -0.3 is 20.8 Å². The normalized spacial score (nSPS) is 16.2. The summed E-state index contributed by atoms with van der Waals surface area (Å²) in [6.07, 6.45) is 0.441. The first-order valence-electron chi connectivity index (χ1n) is 13.2. The molecular formula is C29H23BClF4N7O. The van der Waals surface area contributed by atoms with Crippen LogP contribution in [0.5, 0.6) is 5.75 Å². The van der Waals surface area contributed by atoms with Crippen LogP contribution in [0.1, 0.15) is 24.0 Å². The van der Waals surface area contributed by atoms with E-state index in [9.17, 15) is 22.8 Å². The number of halogens is 5. The van der Waals surface area contributed by atoms with Crippen molar-refractivity contribution in [1.29, 1.82) is 5.26 Å². The summed E-state index contributed by atoms with van der Waals surface area (Å²) in [5.74, 6) is -0.855. The highest BCUT2D eigenvalue weighted by molar-refractivity contribution is 6.36. The van der Waals surface area contributed by atoms with E-state index in [0.717, 1.165) is 24.1 Å². The molecule has 218 valence electrons. The molecule has 0 saturated heterocycles. The monoisotopic (exact) mass is 607 g/mol. The molecule has 1 aliphatic carbocycles. The molecule has 14 heteroatoms. The topological polar surface area (TPSA) is 97.3 Å². The zero-order chi connectivity index (χ0) is 30.4. The van der Waals surface area contributed by atoms with Crippen LogP contribution in [-0.4, -0.2) is 30.2 Å². The third-order valence-electron chi connectivity index (χ3n) is 7.30. The summed E-state index contributed by atoms with van der Waals surface area (Å²) in [6.45, 7) is 0. The van der Waals surface area contributed by atoms with Gasteiger partial charge in [0.05, 0.1) is 38.6 Å². The fraction of sp³-hybridized carbons (Fsp3) is 0.172. The van der Waals surface area contributed by atoms with Gasteiger partial charge in [0.15, 0.2) is 5.75 Å². The van der Waals surface area contributed by atoms with Gasteiger partial charge in [0, 0.05) is 29.5 Å². The van der Waals surface area contributed by atoms with Gasteiger partial charge >= 0.3 is 6.36 Å². The van der Waals surface area contributed by atoms with Crippen LogP contribution >= 0.6 is 11.6 Å². The van der Waals surface area contributed by atoms with Crippen molar-refractivity contribution in [3.63, 3.8) is 0 Å². The molecule has 1 unspecified atom stereocenters. The summed E-state index contributed by atoms with van der Waals surface area (Å²) < 4.78 is 57.4. The van der Waals surface area contributed by atoms with Crippen LogP contribution in [0.4, 0.5) is 34.6 Å². The minimum Gasteiger partial charge on any atom is -0.404 e. The minimum atomic E-state index is -4.92. The Bertz CT molecular complexity index is 1780. The third kappa shape index (κ3) is 5.84. The lowest BCUT2D eigenvalue weighted by Crippen LogP contribution is -2.45. The van der Waals surface area contributed by atoms with E-state index < -0.39 is 17.6 Å². The molecule has 0 spiro atoms. The standard InChI is InChI=1S/C29H23BClF4N7O/c30-28(17-5-7-18(32)8-6-17,25-15-42(41-40-25)20-9-10-20)39-19-11-21-26(16(13-36)14-37-27(21)22(31)12-19)38-23-3-1-2-4-24(23)43-29(33,34)35/h1-8,11-12,14-15,20,39-41H,9-10,30H2,(H,37,38). The molecule has 2 aliphatic rings. The molecular weight excluding hydrogens is 585 g/mol. The molecule has 4 aromatic rings. The minimum absolute atomic E-state index is 0.0130. The van der Waals surface area contributed by atoms with E-state index in [1.54, 1.807) is 24.3 Å². The van der Waals surface area contributed by atoms with Crippen molar-refractivity contribution in [2.45, 2.75) is 30.7 Å². The number of ether oxygens (including phenoxy) is 1. The first kappa shape index (κ1) is 28.5. The molecule has 1 saturated carbocycles. The van der Waals surface area contributed by atoms with Crippen molar-refractivity contribution in [1.82, 2.24) is 21.0 Å². The Morgan fingerprint density at radius 3 is 2.56 bits per heavy atom. The number of para-hydroxylation sites is 2. The Morgan fingerprint density at radius 2 is 1.86 bits per heavy atom.